The number of sulfonamides is 1. The second-order valence-corrected chi connectivity index (χ2v) is 9.72. The molecule has 5 aromatic rings. The fourth-order valence-electron chi connectivity index (χ4n) is 3.46. The summed E-state index contributed by atoms with van der Waals surface area (Å²) in [4.78, 5) is 11.9. The summed E-state index contributed by atoms with van der Waals surface area (Å²) in [6.45, 7) is 0. The largest absolute Gasteiger partial charge is 0.339 e. The van der Waals surface area contributed by atoms with E-state index < -0.39 is 10.0 Å². The van der Waals surface area contributed by atoms with Gasteiger partial charge in [-0.25, -0.2) is 13.4 Å². The van der Waals surface area contributed by atoms with E-state index in [1.165, 1.54) is 15.6 Å². The molecule has 8 heteroatoms. The van der Waals surface area contributed by atoms with Gasteiger partial charge < -0.3 is 4.98 Å². The van der Waals surface area contributed by atoms with Crippen molar-refractivity contribution in [2.24, 2.45) is 0 Å². The van der Waals surface area contributed by atoms with E-state index >= 15 is 0 Å². The fourth-order valence-corrected chi connectivity index (χ4v) is 5.81. The molecule has 0 bridgehead atoms. The van der Waals surface area contributed by atoms with E-state index in [0.29, 0.717) is 9.90 Å². The summed E-state index contributed by atoms with van der Waals surface area (Å²) in [7, 11) is -2.02. The molecule has 4 heterocycles. The minimum absolute atomic E-state index is 0.318. The van der Waals surface area contributed by atoms with Crippen molar-refractivity contribution in [3.8, 4) is 11.1 Å². The average molecular weight is 421 g/mol. The molecule has 5 rings (SSSR count). The molecule has 144 valence electrons. The summed E-state index contributed by atoms with van der Waals surface area (Å²) in [6.07, 6.45) is 5.27. The van der Waals surface area contributed by atoms with E-state index in [2.05, 4.69) is 15.0 Å². The van der Waals surface area contributed by atoms with Crippen LogP contribution >= 0.6 is 11.3 Å². The molecule has 1 aromatic carbocycles. The van der Waals surface area contributed by atoms with Gasteiger partial charge in [-0.2, -0.15) is 0 Å². The number of anilines is 1. The van der Waals surface area contributed by atoms with Crippen molar-refractivity contribution in [2.75, 3.05) is 11.4 Å². The van der Waals surface area contributed by atoms with Crippen LogP contribution in [0.3, 0.4) is 0 Å². The van der Waals surface area contributed by atoms with Gasteiger partial charge in [0.05, 0.1) is 5.69 Å². The van der Waals surface area contributed by atoms with Crippen LogP contribution in [-0.2, 0) is 10.0 Å². The predicted molar refractivity (Wildman–Crippen MR) is 117 cm³/mol. The summed E-state index contributed by atoms with van der Waals surface area (Å²) in [5.74, 6) is 0. The number of aromatic nitrogens is 3. The normalized spacial score (nSPS) is 11.9. The minimum atomic E-state index is -3.60. The van der Waals surface area contributed by atoms with Gasteiger partial charge in [0.15, 0.2) is 0 Å². The molecule has 0 saturated heterocycles. The fraction of sp³-hybridized carbons (Fsp3) is 0.0476. The zero-order valence-electron chi connectivity index (χ0n) is 15.4. The van der Waals surface area contributed by atoms with Crippen molar-refractivity contribution in [2.45, 2.75) is 4.21 Å². The quantitative estimate of drug-likeness (QED) is 0.458. The van der Waals surface area contributed by atoms with Gasteiger partial charge in [-0.05, 0) is 59.0 Å². The molecule has 0 atom stereocenters. The van der Waals surface area contributed by atoms with Crippen LogP contribution in [0.25, 0.3) is 33.1 Å². The van der Waals surface area contributed by atoms with Gasteiger partial charge in [0, 0.05) is 41.9 Å². The Morgan fingerprint density at radius 3 is 2.62 bits per heavy atom. The number of hydrogen-bond acceptors (Lipinski definition) is 5. The van der Waals surface area contributed by atoms with E-state index in [1.807, 2.05) is 30.3 Å². The lowest BCUT2D eigenvalue weighted by atomic mass is 10.0. The monoisotopic (exact) mass is 420 g/mol. The Hall–Kier alpha value is -3.23. The summed E-state index contributed by atoms with van der Waals surface area (Å²) in [5, 5.41) is 3.64. The number of H-pyrrole nitrogens is 1. The number of nitrogens with zero attached hydrogens (tertiary/aromatic N) is 3. The van der Waals surface area contributed by atoms with E-state index in [-0.39, 0.29) is 0 Å². The summed E-state index contributed by atoms with van der Waals surface area (Å²) in [6, 6.07) is 14.8. The van der Waals surface area contributed by atoms with Gasteiger partial charge in [0.1, 0.15) is 9.86 Å². The number of aromatic amines is 1. The van der Waals surface area contributed by atoms with Crippen LogP contribution in [0.2, 0.25) is 0 Å². The number of benzene rings is 1. The molecule has 0 aliphatic carbocycles. The molecule has 0 aliphatic rings. The number of nitrogens with one attached hydrogen (secondary N) is 1. The molecule has 0 unspecified atom stereocenters. The highest BCUT2D eigenvalue weighted by atomic mass is 32.2. The van der Waals surface area contributed by atoms with Crippen molar-refractivity contribution >= 4 is 49.0 Å². The molecule has 4 aromatic heterocycles. The lowest BCUT2D eigenvalue weighted by Gasteiger charge is -2.18. The molecule has 0 amide bonds. The van der Waals surface area contributed by atoms with Crippen LogP contribution < -0.4 is 4.31 Å². The molecule has 0 fully saturated rings. The minimum Gasteiger partial charge on any atom is -0.339 e. The van der Waals surface area contributed by atoms with Gasteiger partial charge in [0.25, 0.3) is 10.0 Å². The highest BCUT2D eigenvalue weighted by Crippen LogP contribution is 2.36. The van der Waals surface area contributed by atoms with Gasteiger partial charge in [-0.15, -0.1) is 11.3 Å². The smallest absolute Gasteiger partial charge is 0.273 e. The third-order valence-corrected chi connectivity index (χ3v) is 8.10. The van der Waals surface area contributed by atoms with Gasteiger partial charge in [-0.3, -0.25) is 9.29 Å². The van der Waals surface area contributed by atoms with E-state index in [1.54, 1.807) is 49.2 Å². The van der Waals surface area contributed by atoms with Gasteiger partial charge in [0.2, 0.25) is 0 Å². The summed E-state index contributed by atoms with van der Waals surface area (Å²) < 4.78 is 27.5. The van der Waals surface area contributed by atoms with Gasteiger partial charge >= 0.3 is 0 Å². The number of fused-ring (bicyclic) bond motifs is 3. The van der Waals surface area contributed by atoms with Crippen molar-refractivity contribution in [1.82, 2.24) is 15.0 Å². The second-order valence-electron chi connectivity index (χ2n) is 6.58. The molecule has 1 N–H and O–H groups in total. The van der Waals surface area contributed by atoms with E-state index in [4.69, 9.17) is 0 Å². The zero-order valence-corrected chi connectivity index (χ0v) is 17.0. The molecule has 0 saturated carbocycles. The number of thiophene rings is 1. The van der Waals surface area contributed by atoms with Crippen molar-refractivity contribution in [3.05, 3.63) is 72.5 Å². The van der Waals surface area contributed by atoms with Crippen LogP contribution in [0, 0.1) is 0 Å². The van der Waals surface area contributed by atoms with Crippen molar-refractivity contribution in [3.63, 3.8) is 0 Å². The Morgan fingerprint density at radius 1 is 1.03 bits per heavy atom. The SMILES string of the molecule is CN(c1ccc2[nH]c3nccc(-c4ccncc4)c3c2c1)S(=O)(=O)c1cccs1. The van der Waals surface area contributed by atoms with Crippen LogP contribution in [-0.4, -0.2) is 30.4 Å². The number of hydrogen-bond donors (Lipinski definition) is 1. The molecular formula is C21H16N4O2S2. The Labute approximate surface area is 171 Å². The van der Waals surface area contributed by atoms with Crippen LogP contribution in [0.4, 0.5) is 5.69 Å². The maximum atomic E-state index is 12.9. The highest BCUT2D eigenvalue weighted by molar-refractivity contribution is 7.94. The maximum absolute atomic E-state index is 12.9. The average Bonchev–Trinajstić information content (AvgIpc) is 3.41. The van der Waals surface area contributed by atoms with Crippen LogP contribution in [0.1, 0.15) is 0 Å². The number of rotatable bonds is 4. The second kappa shape index (κ2) is 6.68. The van der Waals surface area contributed by atoms with E-state index in [9.17, 15) is 8.42 Å². The standard InChI is InChI=1S/C21H16N4O2S2/c1-25(29(26,27)19-3-2-12-28-19)15-4-5-18-17(13-15)20-16(8-11-23-21(20)24-18)14-6-9-22-10-7-14/h2-13H,1H3,(H,23,24). The Morgan fingerprint density at radius 2 is 1.86 bits per heavy atom. The zero-order chi connectivity index (χ0) is 20.0. The molecule has 0 radical (unpaired) electrons. The van der Waals surface area contributed by atoms with Crippen molar-refractivity contribution in [1.29, 1.82) is 0 Å². The molecule has 6 nitrogen and oxygen atoms in total. The third-order valence-electron chi connectivity index (χ3n) is 4.94. The molecule has 29 heavy (non-hydrogen) atoms. The molecule has 0 spiro atoms. The Kier molecular flexibility index (Phi) is 4.11. The van der Waals surface area contributed by atoms with Crippen molar-refractivity contribution < 1.29 is 8.42 Å². The van der Waals surface area contributed by atoms with E-state index in [0.717, 1.165) is 33.1 Å². The van der Waals surface area contributed by atoms with Crippen LogP contribution in [0.5, 0.6) is 0 Å². The lowest BCUT2D eigenvalue weighted by molar-refractivity contribution is 0.596. The first kappa shape index (κ1) is 17.8. The van der Waals surface area contributed by atoms with Crippen LogP contribution in [0.15, 0.2) is 76.7 Å². The third kappa shape index (κ3) is 2.88. The maximum Gasteiger partial charge on any atom is 0.273 e. The Bertz CT molecular complexity index is 1430. The van der Waals surface area contributed by atoms with Gasteiger partial charge in [-0.1, -0.05) is 6.07 Å². The molecule has 0 aliphatic heterocycles. The first-order chi connectivity index (χ1) is 14.1. The molecular weight excluding hydrogens is 404 g/mol. The highest BCUT2D eigenvalue weighted by Gasteiger charge is 2.23. The predicted octanol–water partition coefficient (Wildman–Crippen LogP) is 4.66. The lowest BCUT2D eigenvalue weighted by Crippen LogP contribution is -2.25. The summed E-state index contributed by atoms with van der Waals surface area (Å²) >= 11 is 1.21. The first-order valence-electron chi connectivity index (χ1n) is 8.89. The topological polar surface area (TPSA) is 79.0 Å². The summed E-state index contributed by atoms with van der Waals surface area (Å²) in [5.41, 5.74) is 4.30. The number of pyridine rings is 2. The Balaban J connectivity index is 1.72. The first-order valence-corrected chi connectivity index (χ1v) is 11.2.